The van der Waals surface area contributed by atoms with Gasteiger partial charge in [-0.05, 0) is 53.8 Å². The number of nitrogen functional groups attached to an aromatic ring is 1. The fraction of sp³-hybridized carbons (Fsp3) is 0.316. The number of carbonyl (C=O) groups is 1. The smallest absolute Gasteiger partial charge is 0.262 e. The van der Waals surface area contributed by atoms with Gasteiger partial charge in [-0.2, -0.15) is 0 Å². The molecule has 4 nitrogen and oxygen atoms in total. The van der Waals surface area contributed by atoms with Crippen LogP contribution in [0, 0.1) is 6.92 Å². The van der Waals surface area contributed by atoms with Crippen LogP contribution < -0.4 is 15.8 Å². The van der Waals surface area contributed by atoms with Crippen molar-refractivity contribution in [3.63, 3.8) is 0 Å². The summed E-state index contributed by atoms with van der Waals surface area (Å²) in [5.74, 6) is 0.486. The van der Waals surface area contributed by atoms with Crippen molar-refractivity contribution in [2.75, 3.05) is 17.7 Å². The number of nitrogens with one attached hydrogen (secondary N) is 1. The minimum Gasteiger partial charge on any atom is -0.484 e. The fourth-order valence-electron chi connectivity index (χ4n) is 2.21. The maximum atomic E-state index is 12.0. The highest BCUT2D eigenvalue weighted by atomic mass is 16.5. The number of carbonyl (C=O) groups excluding carboxylic acids is 1. The lowest BCUT2D eigenvalue weighted by Crippen LogP contribution is -2.20. The van der Waals surface area contributed by atoms with Gasteiger partial charge in [0.1, 0.15) is 5.75 Å². The van der Waals surface area contributed by atoms with E-state index in [4.69, 9.17) is 10.5 Å². The molecule has 0 unspecified atom stereocenters. The second kappa shape index (κ2) is 6.73. The molecule has 2 aromatic rings. The molecule has 122 valence electrons. The molecule has 4 heteroatoms. The van der Waals surface area contributed by atoms with E-state index >= 15 is 0 Å². The maximum Gasteiger partial charge on any atom is 0.262 e. The fourth-order valence-corrected chi connectivity index (χ4v) is 2.21. The standard InChI is InChI=1S/C19H24N2O2/c1-13-11-15(20)7-10-17(13)21-18(22)12-23-16-8-5-14(6-9-16)19(2,3)4/h5-11H,12,20H2,1-4H3,(H,21,22). The van der Waals surface area contributed by atoms with Crippen LogP contribution in [0.5, 0.6) is 5.75 Å². The zero-order valence-electron chi connectivity index (χ0n) is 14.1. The summed E-state index contributed by atoms with van der Waals surface area (Å²) in [6, 6.07) is 13.2. The average molecular weight is 312 g/mol. The lowest BCUT2D eigenvalue weighted by Gasteiger charge is -2.19. The molecule has 2 aromatic carbocycles. The van der Waals surface area contributed by atoms with Crippen LogP contribution >= 0.6 is 0 Å². The van der Waals surface area contributed by atoms with E-state index in [9.17, 15) is 4.79 Å². The minimum atomic E-state index is -0.197. The van der Waals surface area contributed by atoms with Crippen molar-refractivity contribution in [2.45, 2.75) is 33.1 Å². The minimum absolute atomic E-state index is 0.0291. The first-order valence-electron chi connectivity index (χ1n) is 7.65. The number of hydrogen-bond acceptors (Lipinski definition) is 3. The van der Waals surface area contributed by atoms with E-state index in [-0.39, 0.29) is 17.9 Å². The lowest BCUT2D eigenvalue weighted by molar-refractivity contribution is -0.118. The molecular formula is C19H24N2O2. The molecule has 0 atom stereocenters. The summed E-state index contributed by atoms with van der Waals surface area (Å²) in [6.07, 6.45) is 0. The van der Waals surface area contributed by atoms with Crippen LogP contribution in [-0.4, -0.2) is 12.5 Å². The molecule has 0 aliphatic carbocycles. The Kier molecular flexibility index (Phi) is 4.94. The predicted molar refractivity (Wildman–Crippen MR) is 94.9 cm³/mol. The van der Waals surface area contributed by atoms with Crippen LogP contribution in [0.3, 0.4) is 0 Å². The highest BCUT2D eigenvalue weighted by Gasteiger charge is 2.13. The summed E-state index contributed by atoms with van der Waals surface area (Å²) < 4.78 is 5.53. The lowest BCUT2D eigenvalue weighted by atomic mass is 9.87. The maximum absolute atomic E-state index is 12.0. The molecule has 23 heavy (non-hydrogen) atoms. The van der Waals surface area contributed by atoms with Gasteiger partial charge in [0.15, 0.2) is 6.61 Å². The third-order valence-electron chi connectivity index (χ3n) is 3.61. The molecule has 3 N–H and O–H groups in total. The third kappa shape index (κ3) is 4.74. The zero-order chi connectivity index (χ0) is 17.0. The SMILES string of the molecule is Cc1cc(N)ccc1NC(=O)COc1ccc(C(C)(C)C)cc1. The largest absolute Gasteiger partial charge is 0.484 e. The van der Waals surface area contributed by atoms with Gasteiger partial charge in [-0.1, -0.05) is 32.9 Å². The Bertz CT molecular complexity index is 686. The molecular weight excluding hydrogens is 288 g/mol. The van der Waals surface area contributed by atoms with E-state index in [1.54, 1.807) is 12.1 Å². The summed E-state index contributed by atoms with van der Waals surface area (Å²) in [6.45, 7) is 8.35. The van der Waals surface area contributed by atoms with Gasteiger partial charge in [0, 0.05) is 11.4 Å². The van der Waals surface area contributed by atoms with Crippen molar-refractivity contribution in [3.8, 4) is 5.75 Å². The monoisotopic (exact) mass is 312 g/mol. The Morgan fingerprint density at radius 2 is 1.78 bits per heavy atom. The van der Waals surface area contributed by atoms with E-state index in [1.807, 2.05) is 37.3 Å². The molecule has 0 aliphatic heterocycles. The van der Waals surface area contributed by atoms with Gasteiger partial charge in [-0.15, -0.1) is 0 Å². The second-order valence-corrected chi connectivity index (χ2v) is 6.69. The molecule has 0 aromatic heterocycles. The normalized spacial score (nSPS) is 11.1. The first-order valence-corrected chi connectivity index (χ1v) is 7.65. The number of hydrogen-bond donors (Lipinski definition) is 2. The topological polar surface area (TPSA) is 64.3 Å². The van der Waals surface area contributed by atoms with Crippen LogP contribution in [0.15, 0.2) is 42.5 Å². The van der Waals surface area contributed by atoms with E-state index in [2.05, 4.69) is 26.1 Å². The first-order chi connectivity index (χ1) is 10.8. The van der Waals surface area contributed by atoms with Gasteiger partial charge in [0.25, 0.3) is 5.91 Å². The van der Waals surface area contributed by atoms with E-state index in [0.717, 1.165) is 11.3 Å². The second-order valence-electron chi connectivity index (χ2n) is 6.69. The van der Waals surface area contributed by atoms with Crippen LogP contribution in [0.2, 0.25) is 0 Å². The average Bonchev–Trinajstić information content (AvgIpc) is 2.47. The number of nitrogens with two attached hydrogens (primary N) is 1. The Hall–Kier alpha value is -2.49. The van der Waals surface area contributed by atoms with E-state index < -0.39 is 0 Å². The summed E-state index contributed by atoms with van der Waals surface area (Å²) in [7, 11) is 0. The number of benzene rings is 2. The Balaban J connectivity index is 1.91. The van der Waals surface area contributed by atoms with E-state index in [1.165, 1.54) is 5.56 Å². The molecule has 0 spiro atoms. The van der Waals surface area contributed by atoms with Gasteiger partial charge >= 0.3 is 0 Å². The Labute approximate surface area is 137 Å². The van der Waals surface area contributed by atoms with Gasteiger partial charge in [-0.3, -0.25) is 4.79 Å². The quantitative estimate of drug-likeness (QED) is 0.842. The van der Waals surface area contributed by atoms with Crippen molar-refractivity contribution in [3.05, 3.63) is 53.6 Å². The van der Waals surface area contributed by atoms with Crippen LogP contribution in [0.1, 0.15) is 31.9 Å². The van der Waals surface area contributed by atoms with Crippen molar-refractivity contribution >= 4 is 17.3 Å². The molecule has 0 saturated heterocycles. The van der Waals surface area contributed by atoms with Gasteiger partial charge in [0.05, 0.1) is 0 Å². The van der Waals surface area contributed by atoms with Crippen LogP contribution in [0.25, 0.3) is 0 Å². The highest BCUT2D eigenvalue weighted by molar-refractivity contribution is 5.92. The number of aryl methyl sites for hydroxylation is 1. The number of ether oxygens (including phenoxy) is 1. The number of rotatable bonds is 4. The summed E-state index contributed by atoms with van der Waals surface area (Å²) >= 11 is 0. The molecule has 2 rings (SSSR count). The molecule has 1 amide bonds. The van der Waals surface area contributed by atoms with Crippen molar-refractivity contribution in [2.24, 2.45) is 0 Å². The Morgan fingerprint density at radius 1 is 1.13 bits per heavy atom. The number of anilines is 2. The summed E-state index contributed by atoms with van der Waals surface area (Å²) in [4.78, 5) is 12.0. The van der Waals surface area contributed by atoms with Gasteiger partial charge < -0.3 is 15.8 Å². The van der Waals surface area contributed by atoms with Crippen molar-refractivity contribution < 1.29 is 9.53 Å². The van der Waals surface area contributed by atoms with Crippen molar-refractivity contribution in [1.82, 2.24) is 0 Å². The molecule has 0 aliphatic rings. The molecule has 0 heterocycles. The number of amides is 1. The van der Waals surface area contributed by atoms with Gasteiger partial charge in [-0.25, -0.2) is 0 Å². The Morgan fingerprint density at radius 3 is 2.35 bits per heavy atom. The third-order valence-corrected chi connectivity index (χ3v) is 3.61. The first kappa shape index (κ1) is 16.9. The summed E-state index contributed by atoms with van der Waals surface area (Å²) in [5.41, 5.74) is 9.37. The molecule has 0 bridgehead atoms. The molecule has 0 radical (unpaired) electrons. The van der Waals surface area contributed by atoms with E-state index in [0.29, 0.717) is 11.4 Å². The molecule has 0 saturated carbocycles. The summed E-state index contributed by atoms with van der Waals surface area (Å²) in [5, 5.41) is 2.82. The van der Waals surface area contributed by atoms with Crippen LogP contribution in [0.4, 0.5) is 11.4 Å². The molecule has 0 fully saturated rings. The highest BCUT2D eigenvalue weighted by Crippen LogP contribution is 2.24. The van der Waals surface area contributed by atoms with Crippen LogP contribution in [-0.2, 0) is 10.2 Å². The van der Waals surface area contributed by atoms with Crippen molar-refractivity contribution in [1.29, 1.82) is 0 Å². The zero-order valence-corrected chi connectivity index (χ0v) is 14.1. The predicted octanol–water partition coefficient (Wildman–Crippen LogP) is 3.89. The van der Waals surface area contributed by atoms with Gasteiger partial charge in [0.2, 0.25) is 0 Å².